The van der Waals surface area contributed by atoms with Gasteiger partial charge in [-0.25, -0.2) is 66.6 Å². The molecule has 5 aromatic heterocycles. The second kappa shape index (κ2) is 41.4. The number of β-amino-alcohol motifs (C(OH)–C–C–N with tert-alkyl or cyclic N) is 2. The molecule has 3 aliphatic carbocycles. The van der Waals surface area contributed by atoms with E-state index in [2.05, 4.69) is 90.3 Å². The molecular formula is C105H111F2N21O14. The summed E-state index contributed by atoms with van der Waals surface area (Å²) in [5.74, 6) is -1.02. The summed E-state index contributed by atoms with van der Waals surface area (Å²) in [6, 6.07) is 36.0. The first-order chi connectivity index (χ1) is 69.0. The highest BCUT2D eigenvalue weighted by molar-refractivity contribution is 5.96. The molecule has 4 amide bonds. The summed E-state index contributed by atoms with van der Waals surface area (Å²) in [6.45, 7) is 20.3. The number of hydrogen-bond acceptors (Lipinski definition) is 27. The SMILES string of the molecule is Cc1c(C(F)CN2CCN(C(=O)C3CCc4cc(-n5cncn5)ccc43)CC2)ccc2c1COC2=O.Cc1c(C(F)CN2CCN(C(=O)Cc3ccc(-n4cncn4)cn3)CC2)ccc2c1COC2=O.Cc1c(C(O)CN2CCN(C(=O)C3CCc4cc(-n5cncn5)ccc43)CC2)ccc2c1COC2=O.Cc1c([C@@H](O)CN2CCN(C(=O)C3CCc4cc(-n5cncn5)ccc43)CC2)ccc2c1COC2=O. The molecule has 2 N–H and O–H groups in total. The minimum Gasteiger partial charge on any atom is -0.457 e. The highest BCUT2D eigenvalue weighted by Crippen LogP contribution is 2.42. The number of amides is 4. The summed E-state index contributed by atoms with van der Waals surface area (Å²) in [6.07, 6.45) is 16.0. The third-order valence-corrected chi connectivity index (χ3v) is 30.1. The van der Waals surface area contributed by atoms with Crippen LogP contribution in [-0.4, -0.2) is 292 Å². The molecule has 0 bridgehead atoms. The number of benzene rings is 7. The van der Waals surface area contributed by atoms with Gasteiger partial charge in [0.1, 0.15) is 89.4 Å². The van der Waals surface area contributed by atoms with Crippen molar-refractivity contribution in [3.63, 3.8) is 0 Å². The van der Waals surface area contributed by atoms with E-state index in [9.17, 15) is 48.6 Å². The Hall–Kier alpha value is -14.4. The van der Waals surface area contributed by atoms with Crippen molar-refractivity contribution in [2.75, 3.05) is 131 Å². The first kappa shape index (κ1) is 95.2. The quantitative estimate of drug-likeness (QED) is 0.0499. The zero-order chi connectivity index (χ0) is 98.1. The molecule has 11 aliphatic rings. The minimum absolute atomic E-state index is 0.0107. The summed E-state index contributed by atoms with van der Waals surface area (Å²) < 4.78 is 57.7. The number of fused-ring (bicyclic) bond motifs is 7. The molecule has 6 unspecified atom stereocenters. The molecule has 8 aliphatic heterocycles. The van der Waals surface area contributed by atoms with Crippen LogP contribution in [0.15, 0.2) is 172 Å². The molecule has 35 nitrogen and oxygen atoms in total. The summed E-state index contributed by atoms with van der Waals surface area (Å²) in [7, 11) is 0. The fraction of sp³-hybridized carbons (Fsp3) is 0.400. The van der Waals surface area contributed by atoms with Gasteiger partial charge in [0, 0.05) is 159 Å². The Kier molecular flexibility index (Phi) is 27.8. The van der Waals surface area contributed by atoms with E-state index in [1.807, 2.05) is 95.8 Å². The molecule has 142 heavy (non-hydrogen) atoms. The Morgan fingerprint density at radius 2 is 0.648 bits per heavy atom. The molecule has 13 heterocycles. The average molecular weight is 1930 g/mol. The number of ether oxygens (including phenoxy) is 4. The third-order valence-electron chi connectivity index (χ3n) is 30.1. The van der Waals surface area contributed by atoms with Gasteiger partial charge in [0.15, 0.2) is 0 Å². The largest absolute Gasteiger partial charge is 0.457 e. The number of pyridine rings is 1. The van der Waals surface area contributed by atoms with Crippen LogP contribution in [0.5, 0.6) is 0 Å². The Morgan fingerprint density at radius 1 is 0.359 bits per heavy atom. The molecular weight excluding hydrogens is 1820 g/mol. The maximum atomic E-state index is 15.3. The number of cyclic esters (lactones) is 4. The Labute approximate surface area is 818 Å². The smallest absolute Gasteiger partial charge is 0.338 e. The zero-order valence-corrected chi connectivity index (χ0v) is 79.6. The number of rotatable bonds is 21. The van der Waals surface area contributed by atoms with Gasteiger partial charge in [-0.2, -0.15) is 20.4 Å². The number of halogens is 2. The van der Waals surface area contributed by atoms with Crippen LogP contribution in [0.4, 0.5) is 8.78 Å². The third kappa shape index (κ3) is 19.8. The Balaban J connectivity index is 0.000000116. The van der Waals surface area contributed by atoms with Gasteiger partial charge < -0.3 is 48.8 Å². The second-order valence-electron chi connectivity index (χ2n) is 38.0. The molecule has 7 atom stereocenters. The van der Waals surface area contributed by atoms with Gasteiger partial charge in [-0.3, -0.25) is 43.8 Å². The van der Waals surface area contributed by atoms with E-state index in [1.165, 1.54) is 42.0 Å². The minimum atomic E-state index is -1.17. The van der Waals surface area contributed by atoms with Crippen LogP contribution >= 0.6 is 0 Å². The van der Waals surface area contributed by atoms with E-state index < -0.39 is 24.6 Å². The molecule has 23 rings (SSSR count). The van der Waals surface area contributed by atoms with Crippen LogP contribution in [0.1, 0.15) is 209 Å². The van der Waals surface area contributed by atoms with Crippen LogP contribution in [0.25, 0.3) is 22.7 Å². The molecule has 7 aromatic carbocycles. The first-order valence-corrected chi connectivity index (χ1v) is 48.6. The molecule has 734 valence electrons. The van der Waals surface area contributed by atoms with Gasteiger partial charge in [0.05, 0.1) is 87.6 Å². The summed E-state index contributed by atoms with van der Waals surface area (Å²) >= 11 is 0. The standard InChI is InChI=1S/C27H28FN5O3.2C27H29N5O4.C24H25FN6O3/c1-17-20(6-7-23-24(17)14-36-27(23)35)25(28)13-31-8-10-32(11-9-31)26(34)22-4-2-18-12-19(3-5-21(18)22)33-16-29-15-30-33;2*1-17-20(6-7-23-24(17)14-36-27(23)35)25(33)13-30-8-10-31(11-9-30)26(34)22-4-2-18-12-19(3-5-21(18)22)32-16-28-15-29-32;1-16-19(4-5-20-21(16)13-34-24(20)33)22(25)12-29-6-8-30(9-7-29)23(32)10-17-2-3-18(11-27-17)31-15-26-14-28-31/h3,5-7,12,15-16,22,25H,2,4,8-11,13-14H2,1H3;2*3,5-7,12,15-16,22,25,33H,2,4,8-11,13-14H2,1H3;2-5,11,14-15,22H,6-10,12-13H2,1H3/t;22?,25-;;/m.0../s1. The average Bonchev–Trinajstić information content (AvgIpc) is 1.64. The number of carbonyl (C=O) groups excluding carboxylic acids is 8. The van der Waals surface area contributed by atoms with Gasteiger partial charge >= 0.3 is 23.9 Å². The predicted molar refractivity (Wildman–Crippen MR) is 511 cm³/mol. The Bertz CT molecular complexity index is 6250. The topological polar surface area (TPSA) is 376 Å². The highest BCUT2D eigenvalue weighted by atomic mass is 19.1. The number of alkyl halides is 2. The van der Waals surface area contributed by atoms with Gasteiger partial charge in [0.2, 0.25) is 23.6 Å². The number of carbonyl (C=O) groups is 8. The molecule has 12 aromatic rings. The van der Waals surface area contributed by atoms with Gasteiger partial charge in [-0.15, -0.1) is 0 Å². The van der Waals surface area contributed by atoms with Crippen LogP contribution < -0.4 is 0 Å². The number of nitrogens with zero attached hydrogens (tertiary/aromatic N) is 21. The predicted octanol–water partition coefficient (Wildman–Crippen LogP) is 9.48. The number of piperazine rings is 4. The van der Waals surface area contributed by atoms with E-state index in [-0.39, 0.29) is 111 Å². The van der Waals surface area contributed by atoms with Gasteiger partial charge in [-0.1, -0.05) is 42.5 Å². The van der Waals surface area contributed by atoms with Crippen molar-refractivity contribution in [2.24, 2.45) is 0 Å². The van der Waals surface area contributed by atoms with Crippen molar-refractivity contribution in [3.05, 3.63) is 300 Å². The number of aryl methyl sites for hydroxylation is 3. The second-order valence-corrected chi connectivity index (χ2v) is 38.0. The lowest BCUT2D eigenvalue weighted by Gasteiger charge is -2.37. The van der Waals surface area contributed by atoms with Crippen molar-refractivity contribution in [1.82, 2.24) is 103 Å². The van der Waals surface area contributed by atoms with Gasteiger partial charge in [0.25, 0.3) is 0 Å². The van der Waals surface area contributed by atoms with Crippen molar-refractivity contribution in [3.8, 4) is 22.7 Å². The summed E-state index contributed by atoms with van der Waals surface area (Å²) in [4.78, 5) is 136. The molecule has 37 heteroatoms. The fourth-order valence-corrected chi connectivity index (χ4v) is 21.8. The summed E-state index contributed by atoms with van der Waals surface area (Å²) in [5.41, 5.74) is 23.2. The fourth-order valence-electron chi connectivity index (χ4n) is 21.8. The molecule has 4 fully saturated rings. The number of aliphatic hydroxyl groups excluding tert-OH is 2. The van der Waals surface area contributed by atoms with Crippen molar-refractivity contribution < 1.29 is 76.3 Å². The normalized spacial score (nSPS) is 19.4. The lowest BCUT2D eigenvalue weighted by atomic mass is 9.95. The lowest BCUT2D eigenvalue weighted by Crippen LogP contribution is -2.50. The maximum absolute atomic E-state index is 15.3. The molecule has 0 saturated carbocycles. The molecule has 0 radical (unpaired) electrons. The van der Waals surface area contributed by atoms with Crippen LogP contribution in [0, 0.1) is 27.7 Å². The number of aliphatic hydroxyl groups is 2. The van der Waals surface area contributed by atoms with E-state index in [0.29, 0.717) is 131 Å². The van der Waals surface area contributed by atoms with Crippen LogP contribution in [0.3, 0.4) is 0 Å². The van der Waals surface area contributed by atoms with Crippen molar-refractivity contribution in [2.45, 2.75) is 141 Å². The summed E-state index contributed by atoms with van der Waals surface area (Å²) in [5, 5.41) is 38.5. The van der Waals surface area contributed by atoms with E-state index >= 15 is 8.78 Å². The van der Waals surface area contributed by atoms with Crippen molar-refractivity contribution in [1.29, 1.82) is 0 Å². The monoisotopic (exact) mass is 1930 g/mol. The zero-order valence-electron chi connectivity index (χ0n) is 79.6. The Morgan fingerprint density at radius 3 is 0.951 bits per heavy atom. The first-order valence-electron chi connectivity index (χ1n) is 48.6. The van der Waals surface area contributed by atoms with Crippen molar-refractivity contribution >= 4 is 47.5 Å². The highest BCUT2D eigenvalue weighted by Gasteiger charge is 2.41. The van der Waals surface area contributed by atoms with E-state index in [0.717, 1.165) is 160 Å². The number of esters is 4. The van der Waals surface area contributed by atoms with E-state index in [1.54, 1.807) is 91.5 Å². The maximum Gasteiger partial charge on any atom is 0.338 e. The number of aromatic nitrogens is 13. The van der Waals surface area contributed by atoms with Crippen LogP contribution in [-0.2, 0) is 90.2 Å². The van der Waals surface area contributed by atoms with Crippen LogP contribution in [0.2, 0.25) is 0 Å². The lowest BCUT2D eigenvalue weighted by molar-refractivity contribution is -0.135. The molecule has 4 saturated heterocycles. The number of hydrogen-bond donors (Lipinski definition) is 2. The van der Waals surface area contributed by atoms with Gasteiger partial charge in [-0.05, 0) is 217 Å². The molecule has 0 spiro atoms. The van der Waals surface area contributed by atoms with E-state index in [4.69, 9.17) is 18.9 Å².